The summed E-state index contributed by atoms with van der Waals surface area (Å²) in [5.74, 6) is 1.92. The average molecular weight is 806 g/mol. The average Bonchev–Trinajstić information content (AvgIpc) is 3.64. The Morgan fingerprint density at radius 2 is 1.63 bits per heavy atom. The molecule has 4 saturated heterocycles. The van der Waals surface area contributed by atoms with Crippen LogP contribution >= 0.6 is 0 Å². The van der Waals surface area contributed by atoms with Gasteiger partial charge in [0.05, 0.1) is 32.4 Å². The van der Waals surface area contributed by atoms with Gasteiger partial charge < -0.3 is 28.7 Å². The predicted molar refractivity (Wildman–Crippen MR) is 225 cm³/mol. The molecule has 3 aromatic rings. The molecule has 3 amide bonds. The minimum Gasteiger partial charge on any atom is -0.496 e. The number of hydrogen-bond acceptors (Lipinski definition) is 10. The van der Waals surface area contributed by atoms with Crippen molar-refractivity contribution in [2.75, 3.05) is 64.9 Å². The van der Waals surface area contributed by atoms with Gasteiger partial charge in [-0.2, -0.15) is 0 Å². The number of nitrogens with one attached hydrogen (secondary N) is 1. The zero-order valence-electron chi connectivity index (χ0n) is 35.3. The number of pyridine rings is 1. The quantitative estimate of drug-likeness (QED) is 0.303. The van der Waals surface area contributed by atoms with Crippen LogP contribution in [0.1, 0.15) is 73.8 Å². The lowest BCUT2D eigenvalue weighted by atomic mass is 9.71. The first-order chi connectivity index (χ1) is 28.5. The standard InChI is InChI=1S/C46H59N7O6/c1-6-43(55)51-14-11-35-36(24-48(3)45(57)37(35)26-51)31-18-40(58-4)38(41(19-31)59-5)25-49-20-33(21-49)29(2)50-15-12-46(13-16-50)27-53(28-46)34-8-7-30-22-52(23-32(30)17-34)39-9-10-42(54)47-44(39)56/h7-8,17-19,24,29,33,39H,6,9-16,20-23,25-28H2,1-5H3,(H,47,54,56). The predicted octanol–water partition coefficient (Wildman–Crippen LogP) is 3.91. The van der Waals surface area contributed by atoms with E-state index in [0.29, 0.717) is 61.7 Å². The number of nitrogens with zero attached hydrogens (tertiary/aromatic N) is 6. The maximum Gasteiger partial charge on any atom is 0.255 e. The maximum atomic E-state index is 13.2. The lowest BCUT2D eigenvalue weighted by Crippen LogP contribution is -2.63. The fourth-order valence-corrected chi connectivity index (χ4v) is 10.9. The molecule has 1 N–H and O–H groups in total. The van der Waals surface area contributed by atoms with Gasteiger partial charge in [-0.1, -0.05) is 13.0 Å². The minimum absolute atomic E-state index is 0.0529. The molecule has 1 spiro atoms. The molecule has 2 unspecified atom stereocenters. The fourth-order valence-electron chi connectivity index (χ4n) is 10.9. The van der Waals surface area contributed by atoms with E-state index >= 15 is 0 Å². The van der Waals surface area contributed by atoms with Crippen molar-refractivity contribution in [1.29, 1.82) is 0 Å². The van der Waals surface area contributed by atoms with Gasteiger partial charge >= 0.3 is 0 Å². The van der Waals surface area contributed by atoms with E-state index < -0.39 is 0 Å². The summed E-state index contributed by atoms with van der Waals surface area (Å²) >= 11 is 0. The Balaban J connectivity index is 0.783. The molecule has 6 aliphatic rings. The van der Waals surface area contributed by atoms with Gasteiger partial charge in [-0.15, -0.1) is 0 Å². The van der Waals surface area contributed by atoms with E-state index in [-0.39, 0.29) is 29.3 Å². The molecule has 7 heterocycles. The number of amides is 3. The van der Waals surface area contributed by atoms with Gasteiger partial charge in [0.2, 0.25) is 17.7 Å². The van der Waals surface area contributed by atoms with E-state index in [1.165, 1.54) is 29.7 Å². The summed E-state index contributed by atoms with van der Waals surface area (Å²) in [6, 6.07) is 11.3. The van der Waals surface area contributed by atoms with Crippen molar-refractivity contribution in [2.45, 2.75) is 90.6 Å². The molecule has 0 bridgehead atoms. The number of rotatable bonds is 10. The lowest BCUT2D eigenvalue weighted by molar-refractivity contribution is -0.137. The number of aromatic nitrogens is 1. The highest BCUT2D eigenvalue weighted by Gasteiger charge is 2.47. The van der Waals surface area contributed by atoms with Gasteiger partial charge in [0.25, 0.3) is 5.56 Å². The Morgan fingerprint density at radius 3 is 2.31 bits per heavy atom. The number of methoxy groups -OCH3 is 2. The summed E-state index contributed by atoms with van der Waals surface area (Å²) in [6.45, 7) is 14.0. The monoisotopic (exact) mass is 805 g/mol. The van der Waals surface area contributed by atoms with Crippen molar-refractivity contribution in [1.82, 2.24) is 29.5 Å². The molecule has 6 aliphatic heterocycles. The SMILES string of the molecule is CCC(=O)N1CCc2c(-c3cc(OC)c(CN4CC(C(C)N5CCC6(CC5)CN(c5ccc7c(c5)CN(C5CCC(=O)NC5=O)C7)C6)C4)c(OC)c3)cn(C)c(=O)c2C1. The first kappa shape index (κ1) is 39.7. The summed E-state index contributed by atoms with van der Waals surface area (Å²) in [7, 11) is 5.20. The topological polar surface area (TPSA) is 120 Å². The third-order valence-electron chi connectivity index (χ3n) is 14.6. The highest BCUT2D eigenvalue weighted by Crippen LogP contribution is 2.45. The van der Waals surface area contributed by atoms with Crippen LogP contribution in [0.25, 0.3) is 11.1 Å². The second-order valence-corrected chi connectivity index (χ2v) is 18.1. The van der Waals surface area contributed by atoms with Crippen LogP contribution in [0.15, 0.2) is 41.3 Å². The number of fused-ring (bicyclic) bond motifs is 2. The number of aryl methyl sites for hydroxylation is 1. The van der Waals surface area contributed by atoms with Crippen LogP contribution in [0, 0.1) is 11.3 Å². The molecule has 314 valence electrons. The highest BCUT2D eigenvalue weighted by atomic mass is 16.5. The Kier molecular flexibility index (Phi) is 10.6. The first-order valence-electron chi connectivity index (χ1n) is 21.6. The third kappa shape index (κ3) is 7.33. The molecule has 0 aliphatic carbocycles. The van der Waals surface area contributed by atoms with Crippen LogP contribution in [0.2, 0.25) is 0 Å². The third-order valence-corrected chi connectivity index (χ3v) is 14.6. The number of benzene rings is 2. The zero-order chi connectivity index (χ0) is 41.2. The molecule has 0 radical (unpaired) electrons. The number of piperidine rings is 2. The van der Waals surface area contributed by atoms with Gasteiger partial charge in [0.1, 0.15) is 11.5 Å². The minimum atomic E-state index is -0.226. The van der Waals surface area contributed by atoms with E-state index in [4.69, 9.17) is 9.47 Å². The number of anilines is 1. The molecule has 0 saturated carbocycles. The molecule has 59 heavy (non-hydrogen) atoms. The van der Waals surface area contributed by atoms with E-state index in [0.717, 1.165) is 92.7 Å². The number of ether oxygens (including phenoxy) is 2. The normalized spacial score (nSPS) is 22.7. The molecule has 4 fully saturated rings. The molecule has 13 heteroatoms. The smallest absolute Gasteiger partial charge is 0.255 e. The zero-order valence-corrected chi connectivity index (χ0v) is 35.3. The molecule has 2 atom stereocenters. The van der Waals surface area contributed by atoms with E-state index in [9.17, 15) is 19.2 Å². The largest absolute Gasteiger partial charge is 0.496 e. The Morgan fingerprint density at radius 1 is 0.915 bits per heavy atom. The van der Waals surface area contributed by atoms with E-state index in [1.807, 2.05) is 13.1 Å². The van der Waals surface area contributed by atoms with Gasteiger partial charge in [-0.3, -0.25) is 34.3 Å². The number of imide groups is 1. The molecule has 2 aromatic carbocycles. The Bertz CT molecular complexity index is 2190. The van der Waals surface area contributed by atoms with Crippen molar-refractivity contribution < 1.29 is 23.9 Å². The van der Waals surface area contributed by atoms with Crippen molar-refractivity contribution >= 4 is 23.4 Å². The summed E-state index contributed by atoms with van der Waals surface area (Å²) in [4.78, 5) is 61.7. The summed E-state index contributed by atoms with van der Waals surface area (Å²) in [6.07, 6.45) is 6.44. The number of carbonyl (C=O) groups excluding carboxylic acids is 3. The molecule has 13 nitrogen and oxygen atoms in total. The van der Waals surface area contributed by atoms with Gasteiger partial charge in [-0.25, -0.2) is 0 Å². The Labute approximate surface area is 347 Å². The fraction of sp³-hybridized carbons (Fsp3) is 0.565. The van der Waals surface area contributed by atoms with Crippen molar-refractivity contribution in [2.24, 2.45) is 18.4 Å². The summed E-state index contributed by atoms with van der Waals surface area (Å²) in [5.41, 5.74) is 8.88. The van der Waals surface area contributed by atoms with Crippen LogP contribution < -0.4 is 25.2 Å². The van der Waals surface area contributed by atoms with Gasteiger partial charge in [0.15, 0.2) is 0 Å². The summed E-state index contributed by atoms with van der Waals surface area (Å²) < 4.78 is 13.6. The van der Waals surface area contributed by atoms with Crippen LogP contribution in [-0.4, -0.2) is 114 Å². The van der Waals surface area contributed by atoms with E-state index in [2.05, 4.69) is 62.2 Å². The maximum absolute atomic E-state index is 13.2. The number of carbonyl (C=O) groups is 3. The van der Waals surface area contributed by atoms with Crippen LogP contribution in [0.5, 0.6) is 11.5 Å². The van der Waals surface area contributed by atoms with Crippen molar-refractivity contribution in [3.8, 4) is 22.6 Å². The highest BCUT2D eigenvalue weighted by molar-refractivity contribution is 6.00. The second-order valence-electron chi connectivity index (χ2n) is 18.1. The van der Waals surface area contributed by atoms with Crippen LogP contribution in [0.4, 0.5) is 5.69 Å². The van der Waals surface area contributed by atoms with Crippen LogP contribution in [0.3, 0.4) is 0 Å². The Hall–Kier alpha value is -4.72. The van der Waals surface area contributed by atoms with E-state index in [1.54, 1.807) is 30.7 Å². The van der Waals surface area contributed by atoms with Crippen LogP contribution in [-0.2, 0) is 54.0 Å². The lowest BCUT2D eigenvalue weighted by Gasteiger charge is -2.56. The van der Waals surface area contributed by atoms with Gasteiger partial charge in [-0.05, 0) is 98.1 Å². The number of likely N-dealkylation sites (tertiary alicyclic amines) is 2. The second kappa shape index (κ2) is 15.7. The molecular weight excluding hydrogens is 747 g/mol. The van der Waals surface area contributed by atoms with Crippen molar-refractivity contribution in [3.05, 3.63) is 74.7 Å². The van der Waals surface area contributed by atoms with Crippen molar-refractivity contribution in [3.63, 3.8) is 0 Å². The molecular formula is C46H59N7O6. The number of hydrogen-bond donors (Lipinski definition) is 1. The first-order valence-corrected chi connectivity index (χ1v) is 21.6. The summed E-state index contributed by atoms with van der Waals surface area (Å²) in [5, 5.41) is 2.52. The molecule has 9 rings (SSSR count). The van der Waals surface area contributed by atoms with Gasteiger partial charge in [0, 0.05) is 107 Å². The molecule has 1 aromatic heterocycles.